The van der Waals surface area contributed by atoms with Crippen molar-refractivity contribution < 1.29 is 0 Å². The van der Waals surface area contributed by atoms with Crippen molar-refractivity contribution >= 4 is 10.8 Å². The van der Waals surface area contributed by atoms with Crippen molar-refractivity contribution in [2.24, 2.45) is 0 Å². The Balaban J connectivity index is 0.000000642. The van der Waals surface area contributed by atoms with Crippen molar-refractivity contribution in [1.82, 2.24) is 0 Å². The van der Waals surface area contributed by atoms with Gasteiger partial charge in [-0.15, -0.1) is 0 Å². The smallest absolute Gasteiger partial charge is 0.00132 e. The molecular formula is C25H36. The van der Waals surface area contributed by atoms with Crippen LogP contribution in [0.5, 0.6) is 0 Å². The van der Waals surface area contributed by atoms with Gasteiger partial charge >= 0.3 is 0 Å². The molecule has 0 aromatic heterocycles. The molecule has 136 valence electrons. The van der Waals surface area contributed by atoms with E-state index < -0.39 is 0 Å². The second-order valence-corrected chi connectivity index (χ2v) is 4.65. The average molecular weight is 337 g/mol. The van der Waals surface area contributed by atoms with Crippen LogP contribution in [-0.2, 0) is 6.42 Å². The molecule has 3 aromatic rings. The highest BCUT2D eigenvalue weighted by molar-refractivity contribution is 6.00. The Morgan fingerprint density at radius 2 is 1.08 bits per heavy atom. The Hall–Kier alpha value is -2.08. The normalized spacial score (nSPS) is 9.44. The zero-order valence-electron chi connectivity index (χ0n) is 17.5. The predicted octanol–water partition coefficient (Wildman–Crippen LogP) is 8.52. The van der Waals surface area contributed by atoms with E-state index >= 15 is 0 Å². The molecule has 0 saturated carbocycles. The fraction of sp³-hybridized carbons (Fsp3) is 0.360. The third-order valence-electron chi connectivity index (χ3n) is 3.68. The maximum atomic E-state index is 2.28. The summed E-state index contributed by atoms with van der Waals surface area (Å²) < 4.78 is 0. The van der Waals surface area contributed by atoms with Gasteiger partial charge in [0.25, 0.3) is 0 Å². The van der Waals surface area contributed by atoms with Crippen LogP contribution < -0.4 is 0 Å². The third-order valence-corrected chi connectivity index (χ3v) is 3.68. The number of hydrogen-bond donors (Lipinski definition) is 0. The first-order valence-corrected chi connectivity index (χ1v) is 10.0. The van der Waals surface area contributed by atoms with Crippen LogP contribution in [0, 0.1) is 0 Å². The molecule has 1 aliphatic rings. The van der Waals surface area contributed by atoms with E-state index in [0.29, 0.717) is 0 Å². The minimum atomic E-state index is 1.08. The Labute approximate surface area is 155 Å². The van der Waals surface area contributed by atoms with Crippen LogP contribution in [0.3, 0.4) is 0 Å². The summed E-state index contributed by atoms with van der Waals surface area (Å²) in [5.74, 6) is 0. The molecule has 0 aliphatic heterocycles. The highest BCUT2D eigenvalue weighted by Crippen LogP contribution is 2.40. The van der Waals surface area contributed by atoms with Gasteiger partial charge in [0.05, 0.1) is 0 Å². The lowest BCUT2D eigenvalue weighted by Gasteiger charge is -2.06. The molecule has 0 N–H and O–H groups in total. The van der Waals surface area contributed by atoms with Crippen LogP contribution in [0.25, 0.3) is 21.9 Å². The van der Waals surface area contributed by atoms with E-state index in [2.05, 4.69) is 60.7 Å². The lowest BCUT2D eigenvalue weighted by atomic mass is 9.98. The molecular weight excluding hydrogens is 300 g/mol. The fourth-order valence-corrected chi connectivity index (χ4v) is 2.91. The number of benzene rings is 3. The molecule has 0 saturated heterocycles. The van der Waals surface area contributed by atoms with Crippen LogP contribution in [0.15, 0.2) is 60.7 Å². The summed E-state index contributed by atoms with van der Waals surface area (Å²) in [7, 11) is 0. The molecule has 0 atom stereocenters. The Bertz CT molecular complexity index is 723. The van der Waals surface area contributed by atoms with Crippen LogP contribution in [0.2, 0.25) is 0 Å². The SMILES string of the molecule is CC.CC.CC.CC.c1ccc2c(c1)Cc1ccc3ccccc3c1-2. The van der Waals surface area contributed by atoms with E-state index in [1.807, 2.05) is 55.4 Å². The van der Waals surface area contributed by atoms with Gasteiger partial charge in [-0.1, -0.05) is 116 Å². The van der Waals surface area contributed by atoms with Gasteiger partial charge in [0.1, 0.15) is 0 Å². The summed E-state index contributed by atoms with van der Waals surface area (Å²) in [6.07, 6.45) is 1.08. The van der Waals surface area contributed by atoms with Crippen molar-refractivity contribution in [2.75, 3.05) is 0 Å². The number of hydrogen-bond acceptors (Lipinski definition) is 0. The van der Waals surface area contributed by atoms with E-state index in [1.54, 1.807) is 0 Å². The standard InChI is InChI=1S/C17H12.4C2H6/c1-3-7-15-12(5-1)9-10-14-11-13-6-2-4-8-16(13)17(14)15;4*1-2/h1-10H,11H2;4*1-2H3. The first-order valence-electron chi connectivity index (χ1n) is 10.0. The van der Waals surface area contributed by atoms with Gasteiger partial charge in [-0.2, -0.15) is 0 Å². The Morgan fingerprint density at radius 3 is 1.76 bits per heavy atom. The molecule has 0 spiro atoms. The van der Waals surface area contributed by atoms with E-state index in [0.717, 1.165) is 6.42 Å². The zero-order chi connectivity index (χ0) is 19.2. The summed E-state index contributed by atoms with van der Waals surface area (Å²) in [6.45, 7) is 16.0. The Kier molecular flexibility index (Phi) is 12.1. The molecule has 25 heavy (non-hydrogen) atoms. The van der Waals surface area contributed by atoms with Gasteiger partial charge in [-0.25, -0.2) is 0 Å². The lowest BCUT2D eigenvalue weighted by Crippen LogP contribution is -1.81. The largest absolute Gasteiger partial charge is 0.0683 e. The third kappa shape index (κ3) is 5.19. The minimum absolute atomic E-state index is 1.08. The second kappa shape index (κ2) is 13.2. The molecule has 0 heterocycles. The minimum Gasteiger partial charge on any atom is -0.0683 e. The van der Waals surface area contributed by atoms with Crippen molar-refractivity contribution in [2.45, 2.75) is 61.8 Å². The van der Waals surface area contributed by atoms with Gasteiger partial charge in [-0.3, -0.25) is 0 Å². The first kappa shape index (κ1) is 22.9. The van der Waals surface area contributed by atoms with Gasteiger partial charge in [0, 0.05) is 0 Å². The van der Waals surface area contributed by atoms with Crippen molar-refractivity contribution in [3.8, 4) is 11.1 Å². The van der Waals surface area contributed by atoms with Crippen molar-refractivity contribution in [3.63, 3.8) is 0 Å². The van der Waals surface area contributed by atoms with E-state index in [-0.39, 0.29) is 0 Å². The topological polar surface area (TPSA) is 0 Å². The molecule has 0 amide bonds. The van der Waals surface area contributed by atoms with E-state index in [9.17, 15) is 0 Å². The molecule has 0 nitrogen and oxygen atoms in total. The fourth-order valence-electron chi connectivity index (χ4n) is 2.91. The maximum Gasteiger partial charge on any atom is -0.00132 e. The van der Waals surface area contributed by atoms with Gasteiger partial charge < -0.3 is 0 Å². The number of rotatable bonds is 0. The zero-order valence-corrected chi connectivity index (χ0v) is 17.5. The van der Waals surface area contributed by atoms with E-state index in [1.165, 1.54) is 33.0 Å². The van der Waals surface area contributed by atoms with Crippen LogP contribution in [0.4, 0.5) is 0 Å². The summed E-state index contributed by atoms with van der Waals surface area (Å²) >= 11 is 0. The maximum absolute atomic E-state index is 2.28. The first-order chi connectivity index (χ1) is 12.4. The van der Waals surface area contributed by atoms with E-state index in [4.69, 9.17) is 0 Å². The van der Waals surface area contributed by atoms with Gasteiger partial charge in [-0.05, 0) is 39.4 Å². The Morgan fingerprint density at radius 1 is 0.520 bits per heavy atom. The average Bonchev–Trinajstić information content (AvgIpc) is 3.13. The van der Waals surface area contributed by atoms with Gasteiger partial charge in [0.2, 0.25) is 0 Å². The van der Waals surface area contributed by atoms with Crippen molar-refractivity contribution in [1.29, 1.82) is 0 Å². The summed E-state index contributed by atoms with van der Waals surface area (Å²) in [6, 6.07) is 21.9. The quantitative estimate of drug-likeness (QED) is 0.302. The summed E-state index contributed by atoms with van der Waals surface area (Å²) in [4.78, 5) is 0. The monoisotopic (exact) mass is 336 g/mol. The molecule has 3 aromatic carbocycles. The molecule has 0 radical (unpaired) electrons. The molecule has 0 unspecified atom stereocenters. The van der Waals surface area contributed by atoms with Crippen LogP contribution in [0.1, 0.15) is 66.5 Å². The van der Waals surface area contributed by atoms with Crippen molar-refractivity contribution in [3.05, 3.63) is 71.8 Å². The molecule has 1 aliphatic carbocycles. The summed E-state index contributed by atoms with van der Waals surface area (Å²) in [5, 5.41) is 2.72. The van der Waals surface area contributed by atoms with Gasteiger partial charge in [0.15, 0.2) is 0 Å². The highest BCUT2D eigenvalue weighted by Gasteiger charge is 2.19. The number of fused-ring (bicyclic) bond motifs is 5. The van der Waals surface area contributed by atoms with Crippen LogP contribution >= 0.6 is 0 Å². The molecule has 4 rings (SSSR count). The lowest BCUT2D eigenvalue weighted by molar-refractivity contribution is 1.27. The second-order valence-electron chi connectivity index (χ2n) is 4.65. The molecule has 0 heteroatoms. The summed E-state index contributed by atoms with van der Waals surface area (Å²) in [5.41, 5.74) is 5.78. The molecule has 0 bridgehead atoms. The predicted molar refractivity (Wildman–Crippen MR) is 118 cm³/mol. The van der Waals surface area contributed by atoms with Crippen LogP contribution in [-0.4, -0.2) is 0 Å². The molecule has 0 fully saturated rings. The highest BCUT2D eigenvalue weighted by atomic mass is 14.2.